The second-order valence-electron chi connectivity index (χ2n) is 9.70. The van der Waals surface area contributed by atoms with E-state index in [0.29, 0.717) is 25.8 Å². The normalized spacial score (nSPS) is 17.4. The summed E-state index contributed by atoms with van der Waals surface area (Å²) in [5.41, 5.74) is 13.2. The summed E-state index contributed by atoms with van der Waals surface area (Å²) < 4.78 is 0. The van der Waals surface area contributed by atoms with Crippen LogP contribution in [0.25, 0.3) is 10.9 Å². The fourth-order valence-corrected chi connectivity index (χ4v) is 4.80. The second kappa shape index (κ2) is 13.7. The Balaban J connectivity index is 1.67. The highest BCUT2D eigenvalue weighted by atomic mass is 16.4. The van der Waals surface area contributed by atoms with Crippen molar-refractivity contribution in [1.82, 2.24) is 20.5 Å². The first-order valence-corrected chi connectivity index (χ1v) is 13.0. The highest BCUT2D eigenvalue weighted by Gasteiger charge is 2.39. The maximum absolute atomic E-state index is 13.4. The van der Waals surface area contributed by atoms with Gasteiger partial charge < -0.3 is 42.2 Å². The number of hydrogen-bond acceptors (Lipinski definition) is 7. The molecule has 2 aromatic rings. The summed E-state index contributed by atoms with van der Waals surface area (Å²) in [5, 5.41) is 24.7. The van der Waals surface area contributed by atoms with E-state index < -0.39 is 60.2 Å². The first kappa shape index (κ1) is 29.6. The van der Waals surface area contributed by atoms with Crippen molar-refractivity contribution in [1.29, 1.82) is 0 Å². The molecule has 39 heavy (non-hydrogen) atoms. The number of fused-ring (bicyclic) bond motifs is 1. The minimum atomic E-state index is -1.45. The van der Waals surface area contributed by atoms with Gasteiger partial charge >= 0.3 is 11.9 Å². The number of aromatic nitrogens is 1. The Bertz CT molecular complexity index is 1200. The van der Waals surface area contributed by atoms with Gasteiger partial charge in [-0.2, -0.15) is 0 Å². The number of carboxylic acid groups (broad SMARTS) is 2. The fraction of sp³-hybridized carbons (Fsp3) is 0.500. The summed E-state index contributed by atoms with van der Waals surface area (Å²) in [5.74, 6) is -4.59. The molecule has 3 amide bonds. The smallest absolute Gasteiger partial charge is 0.326 e. The van der Waals surface area contributed by atoms with Crippen molar-refractivity contribution < 1.29 is 34.2 Å². The number of amides is 3. The van der Waals surface area contributed by atoms with Crippen LogP contribution < -0.4 is 22.1 Å². The molecular formula is C26H36N6O7. The van der Waals surface area contributed by atoms with Crippen LogP contribution in [-0.4, -0.2) is 87.0 Å². The molecule has 0 saturated carbocycles. The molecule has 4 atom stereocenters. The number of nitrogens with two attached hydrogens (primary N) is 2. The molecule has 1 aromatic heterocycles. The monoisotopic (exact) mass is 544 g/mol. The minimum absolute atomic E-state index is 0.152. The molecule has 1 aliphatic heterocycles. The lowest BCUT2D eigenvalue weighted by atomic mass is 10.0. The van der Waals surface area contributed by atoms with Crippen LogP contribution in [0.2, 0.25) is 0 Å². The quantitative estimate of drug-likeness (QED) is 0.155. The second-order valence-corrected chi connectivity index (χ2v) is 9.70. The molecule has 4 unspecified atom stereocenters. The van der Waals surface area contributed by atoms with Gasteiger partial charge in [-0.25, -0.2) is 4.79 Å². The Morgan fingerprint density at radius 2 is 1.82 bits per heavy atom. The van der Waals surface area contributed by atoms with Crippen LogP contribution in [0.15, 0.2) is 30.5 Å². The average Bonchev–Trinajstić information content (AvgIpc) is 3.55. The highest BCUT2D eigenvalue weighted by Crippen LogP contribution is 2.21. The number of likely N-dealkylation sites (tertiary alicyclic amines) is 1. The van der Waals surface area contributed by atoms with Gasteiger partial charge in [0.05, 0.1) is 12.5 Å². The topological polar surface area (TPSA) is 221 Å². The fourth-order valence-electron chi connectivity index (χ4n) is 4.80. The molecule has 1 fully saturated rings. The first-order chi connectivity index (χ1) is 18.6. The summed E-state index contributed by atoms with van der Waals surface area (Å²) in [4.78, 5) is 66.7. The molecule has 3 rings (SSSR count). The maximum Gasteiger partial charge on any atom is 0.326 e. The number of para-hydroxylation sites is 1. The Labute approximate surface area is 225 Å². The standard InChI is InChI=1S/C26H36N6O7/c27-10-4-3-8-19(26(38)39)30-24(36)21-9-5-11-32(21)25(37)20(13-22(33)34)31-23(35)17(28)12-15-14-29-18-7-2-1-6-16(15)18/h1-2,6-7,14,17,19-21,29H,3-5,8-13,27-28H2,(H,30,36)(H,31,35)(H,33,34)(H,38,39). The largest absolute Gasteiger partial charge is 0.481 e. The van der Waals surface area contributed by atoms with Crippen LogP contribution in [-0.2, 0) is 30.4 Å². The van der Waals surface area contributed by atoms with E-state index >= 15 is 0 Å². The van der Waals surface area contributed by atoms with Crippen LogP contribution in [0.3, 0.4) is 0 Å². The molecule has 13 heteroatoms. The van der Waals surface area contributed by atoms with Crippen molar-refractivity contribution >= 4 is 40.6 Å². The van der Waals surface area contributed by atoms with Gasteiger partial charge in [-0.1, -0.05) is 18.2 Å². The molecule has 2 heterocycles. The number of aromatic amines is 1. The number of carbonyl (C=O) groups is 5. The molecule has 212 valence electrons. The summed E-state index contributed by atoms with van der Waals surface area (Å²) >= 11 is 0. The van der Waals surface area contributed by atoms with E-state index in [4.69, 9.17) is 11.5 Å². The molecule has 0 radical (unpaired) electrons. The molecule has 9 N–H and O–H groups in total. The molecule has 1 saturated heterocycles. The van der Waals surface area contributed by atoms with E-state index in [1.165, 1.54) is 4.90 Å². The van der Waals surface area contributed by atoms with Gasteiger partial charge in [-0.05, 0) is 56.7 Å². The lowest BCUT2D eigenvalue weighted by molar-refractivity contribution is -0.147. The number of nitrogens with zero attached hydrogens (tertiary/aromatic N) is 1. The van der Waals surface area contributed by atoms with Crippen LogP contribution in [0.1, 0.15) is 44.1 Å². The Hall–Kier alpha value is -3.97. The molecule has 1 aliphatic rings. The predicted octanol–water partition coefficient (Wildman–Crippen LogP) is -0.313. The molecule has 13 nitrogen and oxygen atoms in total. The van der Waals surface area contributed by atoms with Gasteiger partial charge in [0, 0.05) is 23.6 Å². The lowest BCUT2D eigenvalue weighted by Crippen LogP contribution is -2.57. The van der Waals surface area contributed by atoms with Crippen molar-refractivity contribution in [3.63, 3.8) is 0 Å². The number of hydrogen-bond donors (Lipinski definition) is 7. The van der Waals surface area contributed by atoms with Crippen molar-refractivity contribution in [2.45, 2.75) is 69.1 Å². The van der Waals surface area contributed by atoms with Crippen molar-refractivity contribution in [2.24, 2.45) is 11.5 Å². The summed E-state index contributed by atoms with van der Waals surface area (Å²) in [7, 11) is 0. The third kappa shape index (κ3) is 7.77. The Morgan fingerprint density at radius 3 is 2.51 bits per heavy atom. The average molecular weight is 545 g/mol. The van der Waals surface area contributed by atoms with Crippen LogP contribution in [0.5, 0.6) is 0 Å². The number of carboxylic acids is 2. The van der Waals surface area contributed by atoms with E-state index in [1.807, 2.05) is 24.3 Å². The van der Waals surface area contributed by atoms with Gasteiger partial charge in [0.1, 0.15) is 18.1 Å². The number of benzene rings is 1. The van der Waals surface area contributed by atoms with Crippen LogP contribution in [0.4, 0.5) is 0 Å². The Kier molecular flexibility index (Phi) is 10.4. The molecule has 0 aliphatic carbocycles. The SMILES string of the molecule is NCCCCC(NC(=O)C1CCCN1C(=O)C(CC(=O)O)NC(=O)C(N)Cc1c[nH]c2ccccc12)C(=O)O. The number of nitrogens with one attached hydrogen (secondary N) is 3. The van der Waals surface area contributed by atoms with E-state index in [2.05, 4.69) is 15.6 Å². The zero-order chi connectivity index (χ0) is 28.5. The summed E-state index contributed by atoms with van der Waals surface area (Å²) in [6, 6.07) is 2.86. The first-order valence-electron chi connectivity index (χ1n) is 13.0. The van der Waals surface area contributed by atoms with E-state index in [0.717, 1.165) is 16.5 Å². The predicted molar refractivity (Wildman–Crippen MR) is 141 cm³/mol. The third-order valence-electron chi connectivity index (χ3n) is 6.84. The number of aliphatic carboxylic acids is 2. The molecule has 0 spiro atoms. The number of carbonyl (C=O) groups excluding carboxylic acids is 3. The number of H-pyrrole nitrogens is 1. The van der Waals surface area contributed by atoms with Crippen LogP contribution in [0, 0.1) is 0 Å². The van der Waals surface area contributed by atoms with Crippen molar-refractivity contribution in [3.05, 3.63) is 36.0 Å². The zero-order valence-corrected chi connectivity index (χ0v) is 21.6. The van der Waals surface area contributed by atoms with Crippen molar-refractivity contribution in [3.8, 4) is 0 Å². The van der Waals surface area contributed by atoms with Gasteiger partial charge in [0.15, 0.2) is 0 Å². The molecular weight excluding hydrogens is 508 g/mol. The Morgan fingerprint density at radius 1 is 1.08 bits per heavy atom. The van der Waals surface area contributed by atoms with Gasteiger partial charge in [0.25, 0.3) is 0 Å². The summed E-state index contributed by atoms with van der Waals surface area (Å²) in [6.07, 6.45) is 3.23. The highest BCUT2D eigenvalue weighted by molar-refractivity contribution is 5.96. The van der Waals surface area contributed by atoms with E-state index in [9.17, 15) is 34.2 Å². The van der Waals surface area contributed by atoms with E-state index in [-0.39, 0.29) is 25.8 Å². The molecule has 1 aromatic carbocycles. The van der Waals surface area contributed by atoms with Gasteiger partial charge in [-0.15, -0.1) is 0 Å². The number of unbranched alkanes of at least 4 members (excludes halogenated alkanes) is 1. The minimum Gasteiger partial charge on any atom is -0.481 e. The summed E-state index contributed by atoms with van der Waals surface area (Å²) in [6.45, 7) is 0.558. The van der Waals surface area contributed by atoms with Crippen molar-refractivity contribution in [2.75, 3.05) is 13.1 Å². The van der Waals surface area contributed by atoms with Gasteiger partial charge in [-0.3, -0.25) is 19.2 Å². The van der Waals surface area contributed by atoms with Gasteiger partial charge in [0.2, 0.25) is 17.7 Å². The third-order valence-corrected chi connectivity index (χ3v) is 6.84. The lowest BCUT2D eigenvalue weighted by Gasteiger charge is -2.29. The maximum atomic E-state index is 13.4. The zero-order valence-electron chi connectivity index (χ0n) is 21.6. The number of rotatable bonds is 14. The molecule has 0 bridgehead atoms. The van der Waals surface area contributed by atoms with E-state index in [1.54, 1.807) is 6.20 Å². The van der Waals surface area contributed by atoms with Crippen LogP contribution >= 0.6 is 0 Å².